The molecule has 0 aromatic carbocycles. The van der Waals surface area contributed by atoms with Gasteiger partial charge in [-0.2, -0.15) is 0 Å². The summed E-state index contributed by atoms with van der Waals surface area (Å²) in [5.74, 6) is 0.229. The molecule has 0 saturated heterocycles. The van der Waals surface area contributed by atoms with Crippen LogP contribution in [-0.2, 0) is 13.6 Å². The van der Waals surface area contributed by atoms with Gasteiger partial charge in [0.2, 0.25) is 8.32 Å². The zero-order chi connectivity index (χ0) is 30.2. The Hall–Kier alpha value is -0.756. The molecular formula is C34H66O3Si2. The molecule has 0 bridgehead atoms. The van der Waals surface area contributed by atoms with Gasteiger partial charge >= 0.3 is 0 Å². The number of unbranched alkanes of at least 4 members (excludes halogenated alkanes) is 1. The summed E-state index contributed by atoms with van der Waals surface area (Å²) >= 11 is 0. The lowest BCUT2D eigenvalue weighted by molar-refractivity contribution is -0.114. The molecule has 0 fully saturated rings. The van der Waals surface area contributed by atoms with E-state index in [4.69, 9.17) is 8.85 Å². The van der Waals surface area contributed by atoms with Gasteiger partial charge in [0.1, 0.15) is 0 Å². The molecule has 228 valence electrons. The third-order valence-electron chi connectivity index (χ3n) is 8.77. The first-order chi connectivity index (χ1) is 18.2. The van der Waals surface area contributed by atoms with E-state index in [0.29, 0.717) is 39.7 Å². The van der Waals surface area contributed by atoms with Gasteiger partial charge in [0.15, 0.2) is 14.1 Å². The molecule has 0 aliphatic rings. The number of hydrogen-bond acceptors (Lipinski definition) is 3. The molecule has 0 heterocycles. The smallest absolute Gasteiger partial charge is 0.200 e. The highest BCUT2D eigenvalue weighted by atomic mass is 28.4. The standard InChI is InChI=1S/C34H66O3Si2/c1-14-15-16-17-18-19-22-33(35)23-20-21-24-34(37-39(30(8)9,31(10)11)32(12)13)25-26-36-38(27(2)3,28(4)5)29(6)7/h14-17,20,23,27-32,34H,18-19,21-22,24-26H2,1-13H3/b15-14+,17-16+,23-20+/t34-/m1/s1. The maximum atomic E-state index is 12.4. The molecule has 0 spiro atoms. The largest absolute Gasteiger partial charge is 0.416 e. The van der Waals surface area contributed by atoms with Gasteiger partial charge in [-0.05, 0) is 78.4 Å². The van der Waals surface area contributed by atoms with Crippen LogP contribution in [0.15, 0.2) is 36.5 Å². The highest BCUT2D eigenvalue weighted by molar-refractivity contribution is 6.78. The van der Waals surface area contributed by atoms with Crippen molar-refractivity contribution in [1.82, 2.24) is 0 Å². The predicted octanol–water partition coefficient (Wildman–Crippen LogP) is 11.3. The summed E-state index contributed by atoms with van der Waals surface area (Å²) < 4.78 is 14.2. The minimum Gasteiger partial charge on any atom is -0.416 e. The Morgan fingerprint density at radius 3 is 1.64 bits per heavy atom. The van der Waals surface area contributed by atoms with Crippen LogP contribution < -0.4 is 0 Å². The average molecular weight is 579 g/mol. The summed E-state index contributed by atoms with van der Waals surface area (Å²) in [4.78, 5) is 12.4. The normalized spacial score (nSPS) is 14.7. The molecule has 0 N–H and O–H groups in total. The highest BCUT2D eigenvalue weighted by Gasteiger charge is 2.47. The van der Waals surface area contributed by atoms with Crippen LogP contribution in [0.1, 0.15) is 129 Å². The molecule has 0 aliphatic carbocycles. The molecule has 3 nitrogen and oxygen atoms in total. The van der Waals surface area contributed by atoms with E-state index in [2.05, 4.69) is 101 Å². The third-order valence-corrected chi connectivity index (χ3v) is 21.0. The second-order valence-corrected chi connectivity index (χ2v) is 24.2. The molecule has 0 aromatic rings. The van der Waals surface area contributed by atoms with Crippen molar-refractivity contribution < 1.29 is 13.6 Å². The molecule has 0 saturated carbocycles. The second kappa shape index (κ2) is 19.4. The van der Waals surface area contributed by atoms with Crippen molar-refractivity contribution in [3.05, 3.63) is 36.5 Å². The third kappa shape index (κ3) is 11.9. The van der Waals surface area contributed by atoms with Gasteiger partial charge in [-0.25, -0.2) is 0 Å². The van der Waals surface area contributed by atoms with Crippen LogP contribution in [-0.4, -0.2) is 35.1 Å². The van der Waals surface area contributed by atoms with Gasteiger partial charge in [0.05, 0.1) is 0 Å². The Bertz CT molecular complexity index is 704. The van der Waals surface area contributed by atoms with Crippen LogP contribution in [0.5, 0.6) is 0 Å². The maximum Gasteiger partial charge on any atom is 0.200 e. The molecule has 0 rings (SSSR count). The van der Waals surface area contributed by atoms with Crippen molar-refractivity contribution in [2.24, 2.45) is 0 Å². The topological polar surface area (TPSA) is 35.5 Å². The van der Waals surface area contributed by atoms with Crippen LogP contribution in [0.3, 0.4) is 0 Å². The second-order valence-electron chi connectivity index (χ2n) is 13.3. The molecule has 0 unspecified atom stereocenters. The van der Waals surface area contributed by atoms with Crippen molar-refractivity contribution in [3.63, 3.8) is 0 Å². The van der Waals surface area contributed by atoms with E-state index in [0.717, 1.165) is 38.7 Å². The van der Waals surface area contributed by atoms with Crippen molar-refractivity contribution in [2.75, 3.05) is 6.61 Å². The summed E-state index contributed by atoms with van der Waals surface area (Å²) in [6.45, 7) is 31.1. The van der Waals surface area contributed by atoms with E-state index in [9.17, 15) is 4.79 Å². The fraction of sp³-hybridized carbons (Fsp3) is 0.794. The van der Waals surface area contributed by atoms with Crippen molar-refractivity contribution >= 4 is 22.4 Å². The molecule has 0 amide bonds. The molecule has 0 aliphatic heterocycles. The van der Waals surface area contributed by atoms with Crippen molar-refractivity contribution in [3.8, 4) is 0 Å². The maximum absolute atomic E-state index is 12.4. The SMILES string of the molecule is C/C=C/C=C/CCCC(=O)/C=C/CC[C@H](CCO[Si](C(C)C)(C(C)C)C(C)C)O[Si](C(C)C)(C(C)C)C(C)C. The predicted molar refractivity (Wildman–Crippen MR) is 179 cm³/mol. The molecule has 0 radical (unpaired) electrons. The van der Waals surface area contributed by atoms with Crippen LogP contribution in [0.4, 0.5) is 0 Å². The van der Waals surface area contributed by atoms with E-state index in [-0.39, 0.29) is 11.9 Å². The molecule has 1 atom stereocenters. The Balaban J connectivity index is 5.52. The van der Waals surface area contributed by atoms with Gasteiger partial charge in [-0.1, -0.05) is 113 Å². The lowest BCUT2D eigenvalue weighted by atomic mass is 10.1. The van der Waals surface area contributed by atoms with Crippen LogP contribution in [0.25, 0.3) is 0 Å². The van der Waals surface area contributed by atoms with Gasteiger partial charge in [-0.15, -0.1) is 0 Å². The lowest BCUT2D eigenvalue weighted by Crippen LogP contribution is -2.51. The quantitative estimate of drug-likeness (QED) is 0.0588. The minimum atomic E-state index is -2.01. The molecule has 39 heavy (non-hydrogen) atoms. The van der Waals surface area contributed by atoms with Crippen LogP contribution in [0, 0.1) is 0 Å². The van der Waals surface area contributed by atoms with Gasteiger partial charge in [0, 0.05) is 19.1 Å². The van der Waals surface area contributed by atoms with Crippen molar-refractivity contribution in [1.29, 1.82) is 0 Å². The Labute approximate surface area is 246 Å². The number of carbonyl (C=O) groups is 1. The number of rotatable bonds is 21. The number of allylic oxidation sites excluding steroid dienone is 6. The summed E-state index contributed by atoms with van der Waals surface area (Å²) in [5, 5.41) is 0. The van der Waals surface area contributed by atoms with E-state index in [1.54, 1.807) is 6.08 Å². The summed E-state index contributed by atoms with van der Waals surface area (Å²) in [5.41, 5.74) is 3.40. The first kappa shape index (κ1) is 38.2. The average Bonchev–Trinajstić information content (AvgIpc) is 2.82. The summed E-state index contributed by atoms with van der Waals surface area (Å²) in [6, 6.07) is 0. The van der Waals surface area contributed by atoms with Gasteiger partial charge in [0.25, 0.3) is 0 Å². The Morgan fingerprint density at radius 1 is 0.667 bits per heavy atom. The Morgan fingerprint density at radius 2 is 1.18 bits per heavy atom. The number of carbonyl (C=O) groups excluding carboxylic acids is 1. The summed E-state index contributed by atoms with van der Waals surface area (Å²) in [6.07, 6.45) is 17.5. The van der Waals surface area contributed by atoms with E-state index < -0.39 is 16.6 Å². The number of hydrogen-bond donors (Lipinski definition) is 0. The van der Waals surface area contributed by atoms with Gasteiger partial charge < -0.3 is 8.85 Å². The monoisotopic (exact) mass is 578 g/mol. The van der Waals surface area contributed by atoms with E-state index in [1.807, 2.05) is 19.1 Å². The van der Waals surface area contributed by atoms with Crippen molar-refractivity contribution in [2.45, 2.75) is 168 Å². The highest BCUT2D eigenvalue weighted by Crippen LogP contribution is 2.45. The van der Waals surface area contributed by atoms with Gasteiger partial charge in [-0.3, -0.25) is 4.79 Å². The van der Waals surface area contributed by atoms with E-state index in [1.165, 1.54) is 0 Å². The van der Waals surface area contributed by atoms with Crippen LogP contribution >= 0.6 is 0 Å². The first-order valence-electron chi connectivity index (χ1n) is 16.0. The Kier molecular flexibility index (Phi) is 19.0. The van der Waals surface area contributed by atoms with E-state index >= 15 is 0 Å². The zero-order valence-electron chi connectivity index (χ0n) is 28.2. The number of ketones is 1. The fourth-order valence-corrected chi connectivity index (χ4v) is 18.2. The summed E-state index contributed by atoms with van der Waals surface area (Å²) in [7, 11) is -3.92. The lowest BCUT2D eigenvalue weighted by Gasteiger charge is -2.45. The van der Waals surface area contributed by atoms with Crippen LogP contribution in [0.2, 0.25) is 33.2 Å². The molecular weight excluding hydrogens is 513 g/mol. The molecule has 5 heteroatoms. The molecule has 0 aromatic heterocycles. The fourth-order valence-electron chi connectivity index (χ4n) is 7.09. The zero-order valence-corrected chi connectivity index (χ0v) is 30.2. The first-order valence-corrected chi connectivity index (χ1v) is 20.3. The minimum absolute atomic E-state index is 0.165.